The normalized spacial score (nSPS) is 9.50. The van der Waals surface area contributed by atoms with Crippen LogP contribution in [0, 0.1) is 6.92 Å². The molecule has 5 N–H and O–H groups in total. The monoisotopic (exact) mass is 166 g/mol. The molecule has 1 amide bonds. The van der Waals surface area contributed by atoms with Crippen molar-refractivity contribution in [2.75, 3.05) is 5.43 Å². The molecular formula is C7H10N4O. The number of carbonyl (C=O) groups is 1. The minimum Gasteiger partial charge on any atom is -0.366 e. The van der Waals surface area contributed by atoms with Gasteiger partial charge in [0.25, 0.3) is 0 Å². The van der Waals surface area contributed by atoms with Gasteiger partial charge < -0.3 is 11.2 Å². The van der Waals surface area contributed by atoms with E-state index in [1.807, 2.05) is 0 Å². The number of hydrogen-bond acceptors (Lipinski definition) is 4. The first-order valence-corrected chi connectivity index (χ1v) is 3.38. The fourth-order valence-corrected chi connectivity index (χ4v) is 0.885. The molecule has 5 heteroatoms. The Bertz CT molecular complexity index is 310. The second-order valence-electron chi connectivity index (χ2n) is 2.39. The number of rotatable bonds is 2. The van der Waals surface area contributed by atoms with E-state index in [-0.39, 0.29) is 0 Å². The molecule has 12 heavy (non-hydrogen) atoms. The van der Waals surface area contributed by atoms with Crippen LogP contribution in [0.15, 0.2) is 12.1 Å². The first kappa shape index (κ1) is 8.48. The first-order chi connectivity index (χ1) is 5.63. The van der Waals surface area contributed by atoms with Gasteiger partial charge in [0.05, 0.1) is 0 Å². The molecule has 0 aromatic carbocycles. The SMILES string of the molecule is Cc1cc(C(N)=O)cc(NN)n1. The molecule has 0 saturated carbocycles. The maximum absolute atomic E-state index is 10.7. The summed E-state index contributed by atoms with van der Waals surface area (Å²) in [4.78, 5) is 14.7. The Morgan fingerprint density at radius 2 is 2.25 bits per heavy atom. The van der Waals surface area contributed by atoms with Crippen LogP contribution in [-0.2, 0) is 0 Å². The van der Waals surface area contributed by atoms with E-state index in [0.29, 0.717) is 17.1 Å². The van der Waals surface area contributed by atoms with Gasteiger partial charge in [-0.25, -0.2) is 10.8 Å². The molecule has 0 spiro atoms. The second-order valence-corrected chi connectivity index (χ2v) is 2.39. The summed E-state index contributed by atoms with van der Waals surface area (Å²) >= 11 is 0. The molecule has 0 aliphatic carbocycles. The Hall–Kier alpha value is -1.62. The largest absolute Gasteiger partial charge is 0.366 e. The molecule has 0 radical (unpaired) electrons. The Morgan fingerprint density at radius 1 is 1.58 bits per heavy atom. The van der Waals surface area contributed by atoms with Crippen molar-refractivity contribution < 1.29 is 4.79 Å². The predicted octanol–water partition coefficient (Wildman–Crippen LogP) is -0.225. The molecule has 0 unspecified atom stereocenters. The minimum atomic E-state index is -0.489. The number of anilines is 1. The van der Waals surface area contributed by atoms with Crippen LogP contribution in [0.3, 0.4) is 0 Å². The van der Waals surface area contributed by atoms with E-state index in [4.69, 9.17) is 11.6 Å². The molecule has 5 nitrogen and oxygen atoms in total. The Morgan fingerprint density at radius 3 is 2.75 bits per heavy atom. The second kappa shape index (κ2) is 3.19. The Kier molecular flexibility index (Phi) is 2.25. The van der Waals surface area contributed by atoms with Crippen molar-refractivity contribution in [3.05, 3.63) is 23.4 Å². The standard InChI is InChI=1S/C7H10N4O/c1-4-2-5(7(8)12)3-6(10-4)11-9/h2-3H,9H2,1H3,(H2,8,12)(H,10,11). The highest BCUT2D eigenvalue weighted by Crippen LogP contribution is 2.07. The number of hydrazine groups is 1. The van der Waals surface area contributed by atoms with Gasteiger partial charge >= 0.3 is 0 Å². The summed E-state index contributed by atoms with van der Waals surface area (Å²) in [7, 11) is 0. The number of aryl methyl sites for hydroxylation is 1. The van der Waals surface area contributed by atoms with Crippen molar-refractivity contribution in [2.45, 2.75) is 6.92 Å². The molecule has 1 aromatic heterocycles. The number of aromatic nitrogens is 1. The fourth-order valence-electron chi connectivity index (χ4n) is 0.885. The lowest BCUT2D eigenvalue weighted by Gasteiger charge is -2.02. The van der Waals surface area contributed by atoms with Gasteiger partial charge in [0, 0.05) is 11.3 Å². The third-order valence-corrected chi connectivity index (χ3v) is 1.39. The third-order valence-electron chi connectivity index (χ3n) is 1.39. The third kappa shape index (κ3) is 1.70. The van der Waals surface area contributed by atoms with Gasteiger partial charge in [0.15, 0.2) is 0 Å². The number of carbonyl (C=O) groups excluding carboxylic acids is 1. The fraction of sp³-hybridized carbons (Fsp3) is 0.143. The average molecular weight is 166 g/mol. The number of nitrogen functional groups attached to an aromatic ring is 1. The number of amides is 1. The van der Waals surface area contributed by atoms with Crippen LogP contribution in [0.1, 0.15) is 16.1 Å². The molecule has 0 atom stereocenters. The summed E-state index contributed by atoms with van der Waals surface area (Å²) in [6.07, 6.45) is 0. The minimum absolute atomic E-state index is 0.399. The van der Waals surface area contributed by atoms with Gasteiger partial charge in [-0.2, -0.15) is 0 Å². The summed E-state index contributed by atoms with van der Waals surface area (Å²) in [6, 6.07) is 3.10. The topological polar surface area (TPSA) is 94.0 Å². The van der Waals surface area contributed by atoms with Crippen molar-refractivity contribution in [3.8, 4) is 0 Å². The number of primary amides is 1. The quantitative estimate of drug-likeness (QED) is 0.418. The van der Waals surface area contributed by atoms with Crippen LogP contribution in [0.2, 0.25) is 0 Å². The zero-order valence-electron chi connectivity index (χ0n) is 6.66. The summed E-state index contributed by atoms with van der Waals surface area (Å²) in [5.41, 5.74) is 8.51. The van der Waals surface area contributed by atoms with E-state index in [0.717, 1.165) is 0 Å². The summed E-state index contributed by atoms with van der Waals surface area (Å²) in [5, 5.41) is 0. The lowest BCUT2D eigenvalue weighted by molar-refractivity contribution is 0.1000. The molecule has 1 rings (SSSR count). The number of pyridine rings is 1. The zero-order chi connectivity index (χ0) is 9.14. The number of nitrogens with one attached hydrogen (secondary N) is 1. The Balaban J connectivity index is 3.15. The van der Waals surface area contributed by atoms with Gasteiger partial charge in [0.1, 0.15) is 5.82 Å². The van der Waals surface area contributed by atoms with Crippen molar-refractivity contribution >= 4 is 11.7 Å². The molecule has 1 heterocycles. The smallest absolute Gasteiger partial charge is 0.248 e. The molecule has 0 saturated heterocycles. The van der Waals surface area contributed by atoms with Crippen LogP contribution in [0.5, 0.6) is 0 Å². The zero-order valence-corrected chi connectivity index (χ0v) is 6.66. The summed E-state index contributed by atoms with van der Waals surface area (Å²) < 4.78 is 0. The lowest BCUT2D eigenvalue weighted by Crippen LogP contribution is -2.14. The van der Waals surface area contributed by atoms with Gasteiger partial charge in [0.2, 0.25) is 5.91 Å². The van der Waals surface area contributed by atoms with Crippen LogP contribution in [0.25, 0.3) is 0 Å². The molecule has 64 valence electrons. The van der Waals surface area contributed by atoms with E-state index in [1.165, 1.54) is 6.07 Å². The van der Waals surface area contributed by atoms with Crippen LogP contribution >= 0.6 is 0 Å². The number of nitrogens with zero attached hydrogens (tertiary/aromatic N) is 1. The van der Waals surface area contributed by atoms with Crippen LogP contribution < -0.4 is 17.0 Å². The molecule has 0 aliphatic heterocycles. The average Bonchev–Trinajstić information content (AvgIpc) is 2.03. The summed E-state index contributed by atoms with van der Waals surface area (Å²) in [6.45, 7) is 1.76. The first-order valence-electron chi connectivity index (χ1n) is 3.38. The van der Waals surface area contributed by atoms with Crippen molar-refractivity contribution in [1.82, 2.24) is 4.98 Å². The Labute approximate surface area is 69.7 Å². The van der Waals surface area contributed by atoms with Crippen molar-refractivity contribution in [2.24, 2.45) is 11.6 Å². The van der Waals surface area contributed by atoms with Gasteiger partial charge in [-0.15, -0.1) is 0 Å². The highest BCUT2D eigenvalue weighted by atomic mass is 16.1. The van der Waals surface area contributed by atoms with Gasteiger partial charge in [-0.3, -0.25) is 4.79 Å². The number of nitrogens with two attached hydrogens (primary N) is 2. The van der Waals surface area contributed by atoms with E-state index in [2.05, 4.69) is 10.4 Å². The van der Waals surface area contributed by atoms with Crippen molar-refractivity contribution in [1.29, 1.82) is 0 Å². The van der Waals surface area contributed by atoms with E-state index in [9.17, 15) is 4.79 Å². The highest BCUT2D eigenvalue weighted by molar-refractivity contribution is 5.93. The number of hydrogen-bond donors (Lipinski definition) is 3. The van der Waals surface area contributed by atoms with Crippen molar-refractivity contribution in [3.63, 3.8) is 0 Å². The van der Waals surface area contributed by atoms with Gasteiger partial charge in [-0.1, -0.05) is 0 Å². The maximum atomic E-state index is 10.7. The molecule has 0 aliphatic rings. The van der Waals surface area contributed by atoms with E-state index < -0.39 is 5.91 Å². The summed E-state index contributed by atoms with van der Waals surface area (Å²) in [5.74, 6) is 5.07. The molecule has 1 aromatic rings. The maximum Gasteiger partial charge on any atom is 0.248 e. The lowest BCUT2D eigenvalue weighted by atomic mass is 10.2. The highest BCUT2D eigenvalue weighted by Gasteiger charge is 2.03. The molecule has 0 fully saturated rings. The van der Waals surface area contributed by atoms with Crippen LogP contribution in [0.4, 0.5) is 5.82 Å². The van der Waals surface area contributed by atoms with E-state index >= 15 is 0 Å². The molecule has 0 bridgehead atoms. The van der Waals surface area contributed by atoms with E-state index in [1.54, 1.807) is 13.0 Å². The van der Waals surface area contributed by atoms with Gasteiger partial charge in [-0.05, 0) is 19.1 Å². The molecular weight excluding hydrogens is 156 g/mol. The van der Waals surface area contributed by atoms with Crippen LogP contribution in [-0.4, -0.2) is 10.9 Å². The predicted molar refractivity (Wildman–Crippen MR) is 45.3 cm³/mol.